The van der Waals surface area contributed by atoms with Crippen molar-refractivity contribution in [3.63, 3.8) is 0 Å². The highest BCUT2D eigenvalue weighted by Gasteiger charge is 2.17. The summed E-state index contributed by atoms with van der Waals surface area (Å²) in [7, 11) is 1.84. The van der Waals surface area contributed by atoms with E-state index in [2.05, 4.69) is 4.90 Å². The normalized spacial score (nSPS) is 16.3. The Morgan fingerprint density at radius 3 is 2.82 bits per heavy atom. The van der Waals surface area contributed by atoms with Crippen molar-refractivity contribution in [3.05, 3.63) is 16.3 Å². The zero-order valence-electron chi connectivity index (χ0n) is 10.2. The van der Waals surface area contributed by atoms with E-state index >= 15 is 0 Å². The van der Waals surface area contributed by atoms with Crippen LogP contribution in [0, 0.1) is 0 Å². The first-order valence-corrected chi connectivity index (χ1v) is 6.87. The van der Waals surface area contributed by atoms with E-state index in [4.69, 9.17) is 5.73 Å². The van der Waals surface area contributed by atoms with Crippen LogP contribution >= 0.6 is 11.3 Å². The molecule has 0 bridgehead atoms. The molecule has 2 heterocycles. The zero-order chi connectivity index (χ0) is 12.3. The molecule has 2 rings (SSSR count). The van der Waals surface area contributed by atoms with Crippen LogP contribution in [-0.2, 0) is 0 Å². The fourth-order valence-corrected chi connectivity index (χ4v) is 2.88. The second-order valence-corrected chi connectivity index (χ2v) is 5.40. The van der Waals surface area contributed by atoms with Crippen LogP contribution in [0.25, 0.3) is 0 Å². The lowest BCUT2D eigenvalue weighted by Crippen LogP contribution is -2.35. The van der Waals surface area contributed by atoms with E-state index in [0.717, 1.165) is 13.1 Å². The Hall–Kier alpha value is -1.07. The van der Waals surface area contributed by atoms with Crippen LogP contribution in [0.1, 0.15) is 22.5 Å². The molecule has 1 aliphatic rings. The van der Waals surface area contributed by atoms with E-state index in [-0.39, 0.29) is 5.91 Å². The van der Waals surface area contributed by atoms with E-state index in [1.165, 1.54) is 37.3 Å². The monoisotopic (exact) mass is 253 g/mol. The lowest BCUT2D eigenvalue weighted by molar-refractivity contribution is 0.0788. The van der Waals surface area contributed by atoms with Gasteiger partial charge in [-0.2, -0.15) is 0 Å². The Balaban J connectivity index is 1.85. The Morgan fingerprint density at radius 2 is 2.24 bits per heavy atom. The second-order valence-electron chi connectivity index (χ2n) is 4.48. The first-order chi connectivity index (χ1) is 8.18. The highest BCUT2D eigenvalue weighted by molar-refractivity contribution is 7.12. The van der Waals surface area contributed by atoms with Gasteiger partial charge in [-0.05, 0) is 37.4 Å². The number of nitrogens with zero attached hydrogens (tertiary/aromatic N) is 2. The predicted octanol–water partition coefficient (Wildman–Crippen LogP) is 1.50. The predicted molar refractivity (Wildman–Crippen MR) is 71.4 cm³/mol. The molecule has 17 heavy (non-hydrogen) atoms. The molecule has 0 aromatic carbocycles. The maximum absolute atomic E-state index is 12.1. The zero-order valence-corrected chi connectivity index (χ0v) is 11.0. The molecule has 1 amide bonds. The van der Waals surface area contributed by atoms with Gasteiger partial charge in [-0.15, -0.1) is 11.3 Å². The highest BCUT2D eigenvalue weighted by Crippen LogP contribution is 2.20. The van der Waals surface area contributed by atoms with E-state index in [0.29, 0.717) is 10.6 Å². The molecular formula is C12H19N3OS. The summed E-state index contributed by atoms with van der Waals surface area (Å²) in [6.07, 6.45) is 2.57. The van der Waals surface area contributed by atoms with Gasteiger partial charge in [-0.3, -0.25) is 4.79 Å². The summed E-state index contributed by atoms with van der Waals surface area (Å²) in [4.78, 5) is 16.9. The molecular weight excluding hydrogens is 234 g/mol. The molecule has 1 fully saturated rings. The molecule has 5 heteroatoms. The maximum atomic E-state index is 12.1. The molecule has 0 unspecified atom stereocenters. The molecule has 0 spiro atoms. The molecule has 1 aromatic heterocycles. The van der Waals surface area contributed by atoms with Crippen molar-refractivity contribution in [2.75, 3.05) is 39.0 Å². The summed E-state index contributed by atoms with van der Waals surface area (Å²) in [5, 5.41) is 1.86. The quantitative estimate of drug-likeness (QED) is 0.884. The van der Waals surface area contributed by atoms with Gasteiger partial charge in [0.15, 0.2) is 0 Å². The molecule has 0 radical (unpaired) electrons. The van der Waals surface area contributed by atoms with Gasteiger partial charge >= 0.3 is 0 Å². The summed E-state index contributed by atoms with van der Waals surface area (Å²) < 4.78 is 0. The van der Waals surface area contributed by atoms with Crippen molar-refractivity contribution in [3.8, 4) is 0 Å². The van der Waals surface area contributed by atoms with Crippen LogP contribution in [0.3, 0.4) is 0 Å². The summed E-state index contributed by atoms with van der Waals surface area (Å²) in [5.74, 6) is 0.0386. The number of nitrogen functional groups attached to an aromatic ring is 1. The summed E-state index contributed by atoms with van der Waals surface area (Å²) >= 11 is 1.41. The largest absolute Gasteiger partial charge is 0.397 e. The van der Waals surface area contributed by atoms with E-state index in [9.17, 15) is 4.79 Å². The van der Waals surface area contributed by atoms with Gasteiger partial charge in [0.05, 0.1) is 5.69 Å². The van der Waals surface area contributed by atoms with Gasteiger partial charge in [0, 0.05) is 20.1 Å². The second kappa shape index (κ2) is 5.51. The fraction of sp³-hybridized carbons (Fsp3) is 0.583. The molecule has 1 saturated heterocycles. The number of amides is 1. The topological polar surface area (TPSA) is 49.6 Å². The van der Waals surface area contributed by atoms with Gasteiger partial charge < -0.3 is 15.5 Å². The van der Waals surface area contributed by atoms with Crippen molar-refractivity contribution < 1.29 is 4.79 Å². The third kappa shape index (κ3) is 2.98. The first kappa shape index (κ1) is 12.4. The molecule has 2 N–H and O–H groups in total. The first-order valence-electron chi connectivity index (χ1n) is 5.99. The van der Waals surface area contributed by atoms with Crippen molar-refractivity contribution in [2.24, 2.45) is 0 Å². The Labute approximate surface area is 106 Å². The number of anilines is 1. The van der Waals surface area contributed by atoms with Gasteiger partial charge in [-0.25, -0.2) is 0 Å². The Kier molecular flexibility index (Phi) is 4.02. The number of carbonyl (C=O) groups excluding carboxylic acids is 1. The number of rotatable bonds is 4. The van der Waals surface area contributed by atoms with Gasteiger partial charge in [0.2, 0.25) is 0 Å². The number of thiophene rings is 1. The maximum Gasteiger partial charge on any atom is 0.265 e. The smallest absolute Gasteiger partial charge is 0.265 e. The molecule has 0 saturated carbocycles. The van der Waals surface area contributed by atoms with Crippen LogP contribution in [0.15, 0.2) is 11.4 Å². The summed E-state index contributed by atoms with van der Waals surface area (Å²) in [6, 6.07) is 1.78. The molecule has 0 aliphatic carbocycles. The van der Waals surface area contributed by atoms with Gasteiger partial charge in [0.25, 0.3) is 5.91 Å². The van der Waals surface area contributed by atoms with Crippen molar-refractivity contribution in [1.82, 2.24) is 9.80 Å². The Bertz CT molecular complexity index is 385. The fourth-order valence-electron chi connectivity index (χ4n) is 2.07. The van der Waals surface area contributed by atoms with Crippen molar-refractivity contribution in [2.45, 2.75) is 12.8 Å². The molecule has 1 aromatic rings. The number of carbonyl (C=O) groups is 1. The minimum atomic E-state index is 0.0386. The minimum Gasteiger partial charge on any atom is -0.397 e. The molecule has 4 nitrogen and oxygen atoms in total. The van der Waals surface area contributed by atoms with Crippen molar-refractivity contribution >= 4 is 22.9 Å². The molecule has 1 aliphatic heterocycles. The van der Waals surface area contributed by atoms with Crippen LogP contribution in [0.2, 0.25) is 0 Å². The average Bonchev–Trinajstić information content (AvgIpc) is 2.95. The van der Waals surface area contributed by atoms with Crippen molar-refractivity contribution in [1.29, 1.82) is 0 Å². The number of likely N-dealkylation sites (N-methyl/N-ethyl adjacent to an activating group) is 1. The minimum absolute atomic E-state index is 0.0386. The standard InChI is InChI=1S/C12H19N3OS/c1-14(7-8-15-5-2-3-6-15)12(16)11-10(13)4-9-17-11/h4,9H,2-3,5-8,13H2,1H3. The van der Waals surface area contributed by atoms with Gasteiger partial charge in [-0.1, -0.05) is 0 Å². The van der Waals surface area contributed by atoms with Crippen LogP contribution in [0.5, 0.6) is 0 Å². The number of likely N-dealkylation sites (tertiary alicyclic amines) is 1. The summed E-state index contributed by atoms with van der Waals surface area (Å²) in [5.41, 5.74) is 6.34. The molecule has 94 valence electrons. The average molecular weight is 253 g/mol. The van der Waals surface area contributed by atoms with E-state index in [1.54, 1.807) is 11.0 Å². The molecule has 0 atom stereocenters. The highest BCUT2D eigenvalue weighted by atomic mass is 32.1. The number of nitrogens with two attached hydrogens (primary N) is 1. The Morgan fingerprint density at radius 1 is 1.53 bits per heavy atom. The van der Waals surface area contributed by atoms with E-state index < -0.39 is 0 Å². The van der Waals surface area contributed by atoms with Gasteiger partial charge in [0.1, 0.15) is 4.88 Å². The van der Waals surface area contributed by atoms with Crippen LogP contribution in [0.4, 0.5) is 5.69 Å². The third-order valence-corrected chi connectivity index (χ3v) is 4.11. The van der Waals surface area contributed by atoms with E-state index in [1.807, 2.05) is 12.4 Å². The number of hydrogen-bond donors (Lipinski definition) is 1. The number of hydrogen-bond acceptors (Lipinski definition) is 4. The summed E-state index contributed by atoms with van der Waals surface area (Å²) in [6.45, 7) is 4.08. The lowest BCUT2D eigenvalue weighted by atomic mass is 10.3. The third-order valence-electron chi connectivity index (χ3n) is 3.19. The van der Waals surface area contributed by atoms with Crippen LogP contribution in [-0.4, -0.2) is 48.9 Å². The SMILES string of the molecule is CN(CCN1CCCC1)C(=O)c1sccc1N. The van der Waals surface area contributed by atoms with Crippen LogP contribution < -0.4 is 5.73 Å². The lowest BCUT2D eigenvalue weighted by Gasteiger charge is -2.21.